The quantitative estimate of drug-likeness (QED) is 0.614. The van der Waals surface area contributed by atoms with Gasteiger partial charge in [0.1, 0.15) is 11.4 Å². The highest BCUT2D eigenvalue weighted by Crippen LogP contribution is 2.49. The molecule has 7 nitrogen and oxygen atoms in total. The molecular weight excluding hydrogens is 262 g/mol. The molecule has 0 spiro atoms. The second-order valence-electron chi connectivity index (χ2n) is 5.29. The van der Waals surface area contributed by atoms with Crippen LogP contribution in [0.1, 0.15) is 20.8 Å². The zero-order valence-corrected chi connectivity index (χ0v) is 11.0. The lowest BCUT2D eigenvalue weighted by atomic mass is 9.88. The van der Waals surface area contributed by atoms with Gasteiger partial charge in [-0.2, -0.15) is 0 Å². The number of carbonyl (C=O) groups is 2. The maximum absolute atomic E-state index is 12.3. The predicted molar refractivity (Wildman–Crippen MR) is 60.2 cm³/mol. The van der Waals surface area contributed by atoms with Crippen molar-refractivity contribution in [2.24, 2.45) is 5.92 Å². The minimum atomic E-state index is -3.82. The van der Waals surface area contributed by atoms with Gasteiger partial charge in [0.15, 0.2) is 9.84 Å². The third-order valence-electron chi connectivity index (χ3n) is 3.86. The van der Waals surface area contributed by atoms with Gasteiger partial charge in [-0.3, -0.25) is 4.79 Å². The van der Waals surface area contributed by atoms with Gasteiger partial charge in [-0.1, -0.05) is 0 Å². The van der Waals surface area contributed by atoms with E-state index < -0.39 is 49.9 Å². The van der Waals surface area contributed by atoms with Crippen LogP contribution in [-0.4, -0.2) is 57.7 Å². The number of sulfone groups is 1. The van der Waals surface area contributed by atoms with Crippen molar-refractivity contribution in [3.05, 3.63) is 0 Å². The molecule has 8 heteroatoms. The molecular formula is C10H15NO6S. The smallest absolute Gasteiger partial charge is 0.328 e. The number of carboxylic acid groups (broad SMARTS) is 1. The molecule has 0 aliphatic carbocycles. The summed E-state index contributed by atoms with van der Waals surface area (Å²) in [7, 11) is -3.82. The zero-order chi connectivity index (χ0) is 14.0. The van der Waals surface area contributed by atoms with Gasteiger partial charge in [0, 0.05) is 0 Å². The Hall–Kier alpha value is -1.15. The summed E-state index contributed by atoms with van der Waals surface area (Å²) in [6, 6.07) is -1.39. The second-order valence-corrected chi connectivity index (χ2v) is 7.92. The van der Waals surface area contributed by atoms with Crippen LogP contribution in [0.25, 0.3) is 0 Å². The van der Waals surface area contributed by atoms with Crippen molar-refractivity contribution in [1.82, 2.24) is 4.90 Å². The minimum Gasteiger partial charge on any atom is -0.480 e. The summed E-state index contributed by atoms with van der Waals surface area (Å²) in [4.78, 5) is 23.9. The normalized spacial score (nSPS) is 37.9. The molecule has 2 aliphatic rings. The molecule has 4 atom stereocenters. The topological polar surface area (TPSA) is 112 Å². The number of amides is 1. The largest absolute Gasteiger partial charge is 0.480 e. The Kier molecular flexibility index (Phi) is 2.54. The van der Waals surface area contributed by atoms with Gasteiger partial charge in [0.05, 0.1) is 16.8 Å². The third kappa shape index (κ3) is 1.24. The molecule has 18 heavy (non-hydrogen) atoms. The standard InChI is InChI=1S/C10H15NO6S/c1-4(12)5-7(13)11-6(9(14)15)10(2,3)18(16,17)8(5)11/h4-6,8,12H,1-3H3,(H,14,15)/t4-,5+,6-,8+/m0/s1. The maximum atomic E-state index is 12.3. The van der Waals surface area contributed by atoms with Crippen LogP contribution in [0.4, 0.5) is 0 Å². The van der Waals surface area contributed by atoms with Crippen LogP contribution in [0.2, 0.25) is 0 Å². The van der Waals surface area contributed by atoms with E-state index in [1.165, 1.54) is 20.8 Å². The molecule has 0 radical (unpaired) electrons. The van der Waals surface area contributed by atoms with Gasteiger partial charge in [-0.25, -0.2) is 13.2 Å². The Bertz CT molecular complexity index is 522. The molecule has 2 saturated heterocycles. The molecule has 2 N–H and O–H groups in total. The molecule has 0 unspecified atom stereocenters. The van der Waals surface area contributed by atoms with Gasteiger partial charge < -0.3 is 15.1 Å². The van der Waals surface area contributed by atoms with E-state index in [1.807, 2.05) is 0 Å². The fourth-order valence-electron chi connectivity index (χ4n) is 2.79. The molecule has 2 rings (SSSR count). The van der Waals surface area contributed by atoms with Crippen LogP contribution >= 0.6 is 0 Å². The Morgan fingerprint density at radius 2 is 1.94 bits per heavy atom. The summed E-state index contributed by atoms with van der Waals surface area (Å²) in [5.74, 6) is -3.02. The van der Waals surface area contributed by atoms with E-state index in [4.69, 9.17) is 5.11 Å². The zero-order valence-electron chi connectivity index (χ0n) is 10.2. The van der Waals surface area contributed by atoms with Crippen molar-refractivity contribution >= 4 is 21.7 Å². The van der Waals surface area contributed by atoms with Gasteiger partial charge in [0.25, 0.3) is 0 Å². The molecule has 0 bridgehead atoms. The number of carbonyl (C=O) groups excluding carboxylic acids is 1. The summed E-state index contributed by atoms with van der Waals surface area (Å²) in [5.41, 5.74) is 0. The number of fused-ring (bicyclic) bond motifs is 1. The lowest BCUT2D eigenvalue weighted by Crippen LogP contribution is -2.66. The first-order valence-corrected chi connectivity index (χ1v) is 7.06. The summed E-state index contributed by atoms with van der Waals surface area (Å²) in [5, 5.41) is 17.4. The highest BCUT2D eigenvalue weighted by molar-refractivity contribution is 7.93. The molecule has 0 aromatic rings. The fourth-order valence-corrected chi connectivity index (χ4v) is 5.19. The van der Waals surface area contributed by atoms with Gasteiger partial charge >= 0.3 is 5.97 Å². The van der Waals surface area contributed by atoms with E-state index in [0.717, 1.165) is 4.90 Å². The number of hydrogen-bond acceptors (Lipinski definition) is 5. The number of rotatable bonds is 2. The molecule has 0 saturated carbocycles. The van der Waals surface area contributed by atoms with E-state index >= 15 is 0 Å². The highest BCUT2D eigenvalue weighted by Gasteiger charge is 2.72. The van der Waals surface area contributed by atoms with Crippen molar-refractivity contribution < 1.29 is 28.2 Å². The first-order chi connectivity index (χ1) is 8.05. The molecule has 2 fully saturated rings. The summed E-state index contributed by atoms with van der Waals surface area (Å²) in [6.45, 7) is 3.92. The lowest BCUT2D eigenvalue weighted by Gasteiger charge is -2.43. The molecule has 102 valence electrons. The van der Waals surface area contributed by atoms with E-state index in [0.29, 0.717) is 0 Å². The van der Waals surface area contributed by atoms with Crippen molar-refractivity contribution in [2.75, 3.05) is 0 Å². The van der Waals surface area contributed by atoms with E-state index in [-0.39, 0.29) is 0 Å². The van der Waals surface area contributed by atoms with E-state index in [9.17, 15) is 23.1 Å². The number of β-lactam (4-membered cyclic amide) rings is 1. The van der Waals surface area contributed by atoms with Crippen LogP contribution < -0.4 is 0 Å². The van der Waals surface area contributed by atoms with Crippen LogP contribution in [0.3, 0.4) is 0 Å². The Morgan fingerprint density at radius 3 is 2.33 bits per heavy atom. The number of nitrogens with zero attached hydrogens (tertiary/aromatic N) is 1. The molecule has 0 aromatic heterocycles. The summed E-state index contributed by atoms with van der Waals surface area (Å²) < 4.78 is 23.0. The van der Waals surface area contributed by atoms with Gasteiger partial charge in [0.2, 0.25) is 5.91 Å². The van der Waals surface area contributed by atoms with Crippen molar-refractivity contribution in [3.63, 3.8) is 0 Å². The monoisotopic (exact) mass is 277 g/mol. The van der Waals surface area contributed by atoms with Crippen molar-refractivity contribution in [1.29, 1.82) is 0 Å². The lowest BCUT2D eigenvalue weighted by molar-refractivity contribution is -0.168. The second kappa shape index (κ2) is 3.45. The summed E-state index contributed by atoms with van der Waals surface area (Å²) in [6.07, 6.45) is -1.11. The van der Waals surface area contributed by atoms with Gasteiger partial charge in [-0.05, 0) is 20.8 Å². The average Bonchev–Trinajstić information content (AvgIpc) is 2.31. The molecule has 2 aliphatic heterocycles. The summed E-state index contributed by atoms with van der Waals surface area (Å²) >= 11 is 0. The van der Waals surface area contributed by atoms with Crippen LogP contribution in [0, 0.1) is 5.92 Å². The molecule has 2 heterocycles. The Balaban J connectivity index is 2.56. The van der Waals surface area contributed by atoms with Gasteiger partial charge in [-0.15, -0.1) is 0 Å². The van der Waals surface area contributed by atoms with Crippen molar-refractivity contribution in [2.45, 2.75) is 43.0 Å². The third-order valence-corrected chi connectivity index (χ3v) is 6.71. The SMILES string of the molecule is C[C@H](O)[C@@H]1C(=O)N2[C@@H](C(=O)O)C(C)(C)S(=O)(=O)[C@H]12. The molecule has 0 aromatic carbocycles. The fraction of sp³-hybridized carbons (Fsp3) is 0.800. The van der Waals surface area contributed by atoms with Crippen LogP contribution in [-0.2, 0) is 19.4 Å². The average molecular weight is 277 g/mol. The van der Waals surface area contributed by atoms with E-state index in [1.54, 1.807) is 0 Å². The number of hydrogen-bond donors (Lipinski definition) is 2. The van der Waals surface area contributed by atoms with Crippen LogP contribution in [0.15, 0.2) is 0 Å². The highest BCUT2D eigenvalue weighted by atomic mass is 32.2. The van der Waals surface area contributed by atoms with Crippen molar-refractivity contribution in [3.8, 4) is 0 Å². The van der Waals surface area contributed by atoms with Crippen LogP contribution in [0.5, 0.6) is 0 Å². The maximum Gasteiger partial charge on any atom is 0.328 e. The van der Waals surface area contributed by atoms with E-state index in [2.05, 4.69) is 0 Å². The number of carboxylic acids is 1. The first kappa shape index (κ1) is 13.3. The minimum absolute atomic E-state index is 0.614. The number of aliphatic hydroxyl groups is 1. The molecule has 1 amide bonds. The Morgan fingerprint density at radius 1 is 1.44 bits per heavy atom. The first-order valence-electron chi connectivity index (χ1n) is 5.51. The Labute approximate surface area is 104 Å². The predicted octanol–water partition coefficient (Wildman–Crippen LogP) is -1.19. The number of aliphatic hydroxyl groups excluding tert-OH is 1. The number of aliphatic carboxylic acids is 1.